The number of fused-ring (bicyclic) bond motifs is 2. The number of para-hydroxylation sites is 1. The van der Waals surface area contributed by atoms with Crippen LogP contribution < -0.4 is 0 Å². The smallest absolute Gasteiger partial charge is 0.289 e. The average molecular weight is 402 g/mol. The maximum absolute atomic E-state index is 13.1. The average Bonchev–Trinajstić information content (AvgIpc) is 3.24. The van der Waals surface area contributed by atoms with Crippen molar-refractivity contribution in [3.8, 4) is 0 Å². The normalized spacial score (nSPS) is 15.4. The number of aromatic nitrogens is 2. The summed E-state index contributed by atoms with van der Waals surface area (Å²) in [7, 11) is 0. The van der Waals surface area contributed by atoms with Gasteiger partial charge in [-0.05, 0) is 44.5 Å². The van der Waals surface area contributed by atoms with Crippen molar-refractivity contribution in [1.82, 2.24) is 19.2 Å². The fraction of sp³-hybridized carbons (Fsp3) is 0.333. The molecule has 6 nitrogen and oxygen atoms in total. The van der Waals surface area contributed by atoms with E-state index in [-0.39, 0.29) is 5.91 Å². The molecule has 1 aliphatic heterocycles. The molecule has 0 saturated carbocycles. The van der Waals surface area contributed by atoms with Crippen molar-refractivity contribution in [2.75, 3.05) is 26.2 Å². The summed E-state index contributed by atoms with van der Waals surface area (Å²) in [6.07, 6.45) is 2.10. The summed E-state index contributed by atoms with van der Waals surface area (Å²) >= 11 is 0. The Morgan fingerprint density at radius 2 is 1.83 bits per heavy atom. The lowest BCUT2D eigenvalue weighted by molar-refractivity contribution is 0.0597. The van der Waals surface area contributed by atoms with Crippen molar-refractivity contribution in [3.63, 3.8) is 0 Å². The molecule has 1 fully saturated rings. The first-order chi connectivity index (χ1) is 14.5. The zero-order valence-corrected chi connectivity index (χ0v) is 17.7. The SMILES string of the molecule is Cc1ccn2c(CN3CCN(C(=O)c4oc5ccccc5c4C)CC3)c(C)nc2c1. The predicted molar refractivity (Wildman–Crippen MR) is 117 cm³/mol. The van der Waals surface area contributed by atoms with Crippen LogP contribution in [-0.2, 0) is 6.54 Å². The minimum absolute atomic E-state index is 0.00944. The molecule has 0 atom stereocenters. The molecule has 0 aliphatic carbocycles. The Morgan fingerprint density at radius 1 is 1.07 bits per heavy atom. The number of amides is 1. The summed E-state index contributed by atoms with van der Waals surface area (Å²) in [4.78, 5) is 22.1. The Morgan fingerprint density at radius 3 is 2.60 bits per heavy atom. The molecule has 3 aromatic heterocycles. The predicted octanol–water partition coefficient (Wildman–Crippen LogP) is 3.96. The van der Waals surface area contributed by atoms with Gasteiger partial charge < -0.3 is 13.7 Å². The summed E-state index contributed by atoms with van der Waals surface area (Å²) in [5, 5.41) is 1.01. The van der Waals surface area contributed by atoms with E-state index in [0.29, 0.717) is 18.8 Å². The van der Waals surface area contributed by atoms with Crippen LogP contribution in [0.3, 0.4) is 0 Å². The van der Waals surface area contributed by atoms with Crippen molar-refractivity contribution in [3.05, 3.63) is 70.9 Å². The Balaban J connectivity index is 1.29. The molecule has 0 bridgehead atoms. The van der Waals surface area contributed by atoms with Gasteiger partial charge in [0.05, 0.1) is 11.4 Å². The summed E-state index contributed by atoms with van der Waals surface area (Å²) in [6.45, 7) is 10.0. The molecule has 1 saturated heterocycles. The van der Waals surface area contributed by atoms with Crippen molar-refractivity contribution in [2.45, 2.75) is 27.3 Å². The van der Waals surface area contributed by atoms with Gasteiger partial charge in [-0.1, -0.05) is 18.2 Å². The number of furan rings is 1. The zero-order valence-electron chi connectivity index (χ0n) is 17.7. The zero-order chi connectivity index (χ0) is 20.8. The van der Waals surface area contributed by atoms with Crippen LogP contribution in [0, 0.1) is 20.8 Å². The van der Waals surface area contributed by atoms with Gasteiger partial charge in [-0.3, -0.25) is 9.69 Å². The van der Waals surface area contributed by atoms with E-state index >= 15 is 0 Å². The van der Waals surface area contributed by atoms with Crippen LogP contribution in [0.15, 0.2) is 47.0 Å². The fourth-order valence-electron chi connectivity index (χ4n) is 4.35. The number of rotatable bonds is 3. The maximum atomic E-state index is 13.1. The molecule has 0 unspecified atom stereocenters. The van der Waals surface area contributed by atoms with Crippen LogP contribution in [0.4, 0.5) is 0 Å². The highest BCUT2D eigenvalue weighted by atomic mass is 16.3. The number of hydrogen-bond acceptors (Lipinski definition) is 4. The Hall–Kier alpha value is -3.12. The van der Waals surface area contributed by atoms with Crippen molar-refractivity contribution in [2.24, 2.45) is 0 Å². The third-order valence-electron chi connectivity index (χ3n) is 6.15. The molecular formula is C24H26N4O2. The molecule has 5 rings (SSSR count). The van der Waals surface area contributed by atoms with Crippen LogP contribution >= 0.6 is 0 Å². The third kappa shape index (κ3) is 3.17. The highest BCUT2D eigenvalue weighted by molar-refractivity contribution is 5.98. The fourth-order valence-corrected chi connectivity index (χ4v) is 4.35. The molecule has 1 aliphatic rings. The molecule has 4 heterocycles. The largest absolute Gasteiger partial charge is 0.451 e. The molecule has 1 amide bonds. The molecular weight excluding hydrogens is 376 g/mol. The number of benzene rings is 1. The Labute approximate surface area is 175 Å². The van der Waals surface area contributed by atoms with Crippen molar-refractivity contribution in [1.29, 1.82) is 0 Å². The standard InChI is InChI=1S/C24H26N4O2/c1-16-8-9-28-20(18(3)25-22(28)14-16)15-26-10-12-27(13-11-26)24(29)23-17(2)19-6-4-5-7-21(19)30-23/h4-9,14H,10-13,15H2,1-3H3. The van der Waals surface area contributed by atoms with Gasteiger partial charge in [0.1, 0.15) is 11.2 Å². The van der Waals surface area contributed by atoms with Crippen LogP contribution in [0.1, 0.15) is 33.1 Å². The number of carbonyl (C=O) groups is 1. The van der Waals surface area contributed by atoms with Gasteiger partial charge in [0, 0.05) is 49.9 Å². The lowest BCUT2D eigenvalue weighted by Crippen LogP contribution is -2.48. The van der Waals surface area contributed by atoms with E-state index in [4.69, 9.17) is 9.40 Å². The quantitative estimate of drug-likeness (QED) is 0.520. The molecule has 0 N–H and O–H groups in total. The van der Waals surface area contributed by atoms with E-state index in [1.54, 1.807) is 0 Å². The highest BCUT2D eigenvalue weighted by Gasteiger charge is 2.27. The minimum atomic E-state index is -0.00944. The first-order valence-corrected chi connectivity index (χ1v) is 10.5. The molecule has 0 spiro atoms. The Bertz CT molecular complexity index is 1250. The van der Waals surface area contributed by atoms with Gasteiger partial charge in [-0.15, -0.1) is 0 Å². The number of nitrogens with zero attached hydrogens (tertiary/aromatic N) is 4. The van der Waals surface area contributed by atoms with E-state index in [1.165, 1.54) is 11.3 Å². The molecule has 154 valence electrons. The third-order valence-corrected chi connectivity index (χ3v) is 6.15. The van der Waals surface area contributed by atoms with E-state index < -0.39 is 0 Å². The van der Waals surface area contributed by atoms with Crippen LogP contribution in [-0.4, -0.2) is 51.3 Å². The number of hydrogen-bond donors (Lipinski definition) is 0. The van der Waals surface area contributed by atoms with Crippen molar-refractivity contribution < 1.29 is 9.21 Å². The van der Waals surface area contributed by atoms with E-state index in [2.05, 4.69) is 41.5 Å². The first kappa shape index (κ1) is 18.9. The number of piperazine rings is 1. The lowest BCUT2D eigenvalue weighted by atomic mass is 10.1. The monoisotopic (exact) mass is 402 g/mol. The van der Waals surface area contributed by atoms with Crippen LogP contribution in [0.25, 0.3) is 16.6 Å². The number of pyridine rings is 1. The number of imidazole rings is 1. The molecule has 4 aromatic rings. The minimum Gasteiger partial charge on any atom is -0.451 e. The number of aryl methyl sites for hydroxylation is 3. The topological polar surface area (TPSA) is 54.0 Å². The first-order valence-electron chi connectivity index (χ1n) is 10.5. The van der Waals surface area contributed by atoms with Gasteiger partial charge >= 0.3 is 0 Å². The van der Waals surface area contributed by atoms with Gasteiger partial charge in [0.2, 0.25) is 0 Å². The number of carbonyl (C=O) groups excluding carboxylic acids is 1. The summed E-state index contributed by atoms with van der Waals surface area (Å²) in [5.41, 5.74) is 6.20. The molecule has 30 heavy (non-hydrogen) atoms. The van der Waals surface area contributed by atoms with Crippen molar-refractivity contribution >= 4 is 22.5 Å². The summed E-state index contributed by atoms with van der Waals surface area (Å²) in [5.74, 6) is 0.461. The van der Waals surface area contributed by atoms with Gasteiger partial charge in [0.15, 0.2) is 5.76 Å². The maximum Gasteiger partial charge on any atom is 0.289 e. The highest BCUT2D eigenvalue weighted by Crippen LogP contribution is 2.26. The van der Waals surface area contributed by atoms with Gasteiger partial charge in [0.25, 0.3) is 5.91 Å². The lowest BCUT2D eigenvalue weighted by Gasteiger charge is -2.34. The van der Waals surface area contributed by atoms with Gasteiger partial charge in [-0.2, -0.15) is 0 Å². The molecule has 1 aromatic carbocycles. The summed E-state index contributed by atoms with van der Waals surface area (Å²) < 4.78 is 8.06. The Kier molecular flexibility index (Phi) is 4.59. The second-order valence-corrected chi connectivity index (χ2v) is 8.20. The van der Waals surface area contributed by atoms with Crippen LogP contribution in [0.2, 0.25) is 0 Å². The van der Waals surface area contributed by atoms with E-state index in [0.717, 1.165) is 47.5 Å². The van der Waals surface area contributed by atoms with E-state index in [9.17, 15) is 4.79 Å². The summed E-state index contributed by atoms with van der Waals surface area (Å²) in [6, 6.07) is 12.1. The second-order valence-electron chi connectivity index (χ2n) is 8.20. The van der Waals surface area contributed by atoms with Gasteiger partial charge in [-0.25, -0.2) is 4.98 Å². The molecule has 0 radical (unpaired) electrons. The second kappa shape index (κ2) is 7.29. The van der Waals surface area contributed by atoms with E-state index in [1.807, 2.05) is 36.1 Å². The van der Waals surface area contributed by atoms with Crippen LogP contribution in [0.5, 0.6) is 0 Å². The molecule has 6 heteroatoms.